The summed E-state index contributed by atoms with van der Waals surface area (Å²) < 4.78 is 0. The van der Waals surface area contributed by atoms with Gasteiger partial charge >= 0.3 is 0 Å². The molecule has 0 aliphatic carbocycles. The van der Waals surface area contributed by atoms with Crippen molar-refractivity contribution in [1.82, 2.24) is 0 Å². The van der Waals surface area contributed by atoms with E-state index in [0.717, 1.165) is 0 Å². The lowest BCUT2D eigenvalue weighted by molar-refractivity contribution is 0.667. The highest BCUT2D eigenvalue weighted by molar-refractivity contribution is 7.99. The van der Waals surface area contributed by atoms with Crippen LogP contribution in [0.15, 0.2) is 64.4 Å². The van der Waals surface area contributed by atoms with Gasteiger partial charge < -0.3 is 0 Å². The smallest absolute Gasteiger partial charge is 0.0148 e. The molecule has 0 spiro atoms. The third kappa shape index (κ3) is 5.46. The highest BCUT2D eigenvalue weighted by Gasteiger charge is 2.05. The first kappa shape index (κ1) is 21.1. The van der Waals surface area contributed by atoms with Crippen LogP contribution in [0.1, 0.15) is 49.3 Å². The first-order valence-corrected chi connectivity index (χ1v) is 12.6. The Morgan fingerprint density at radius 2 is 1.50 bits per heavy atom. The number of aryl methyl sites for hydroxylation is 1. The van der Waals surface area contributed by atoms with E-state index in [4.69, 9.17) is 0 Å². The van der Waals surface area contributed by atoms with Crippen LogP contribution < -0.4 is 0 Å². The Labute approximate surface area is 178 Å². The summed E-state index contributed by atoms with van der Waals surface area (Å²) in [6, 6.07) is 20.3. The molecule has 28 heavy (non-hydrogen) atoms. The lowest BCUT2D eigenvalue weighted by atomic mass is 10.0. The normalized spacial score (nSPS) is 11.5. The molecule has 3 aromatic rings. The van der Waals surface area contributed by atoms with E-state index in [2.05, 4.69) is 86.2 Å². The van der Waals surface area contributed by atoms with E-state index in [0.29, 0.717) is 0 Å². The van der Waals surface area contributed by atoms with Gasteiger partial charge in [-0.05, 0) is 71.0 Å². The quantitative estimate of drug-likeness (QED) is 0.198. The molecule has 0 saturated carbocycles. The third-order valence-electron chi connectivity index (χ3n) is 5.15. The Hall–Kier alpha value is -1.64. The molecule has 0 N–H and O–H groups in total. The fourth-order valence-electron chi connectivity index (χ4n) is 3.55. The maximum absolute atomic E-state index is 2.39. The maximum Gasteiger partial charge on any atom is 0.0148 e. The minimum absolute atomic E-state index is 1.19. The molecule has 0 aliphatic heterocycles. The fraction of sp³-hybridized carbons (Fsp3) is 0.308. The average Bonchev–Trinajstić information content (AvgIpc) is 2.74. The Bertz CT molecular complexity index is 940. The zero-order valence-corrected chi connectivity index (χ0v) is 18.8. The van der Waals surface area contributed by atoms with Gasteiger partial charge in [0.25, 0.3) is 0 Å². The van der Waals surface area contributed by atoms with Crippen molar-refractivity contribution in [3.05, 3.63) is 71.3 Å². The van der Waals surface area contributed by atoms with Crippen LogP contribution in [0.3, 0.4) is 0 Å². The molecule has 0 aliphatic rings. The molecule has 0 saturated heterocycles. The largest absolute Gasteiger partial charge is 0.129 e. The van der Waals surface area contributed by atoms with Gasteiger partial charge in [-0.15, -0.1) is 23.5 Å². The summed E-state index contributed by atoms with van der Waals surface area (Å²) in [6.45, 7) is 2.27. The van der Waals surface area contributed by atoms with Crippen LogP contribution in [0.25, 0.3) is 22.9 Å². The highest BCUT2D eigenvalue weighted by Crippen LogP contribution is 2.30. The van der Waals surface area contributed by atoms with Crippen LogP contribution >= 0.6 is 23.5 Å². The first-order valence-electron chi connectivity index (χ1n) is 10.2. The van der Waals surface area contributed by atoms with Crippen molar-refractivity contribution in [2.24, 2.45) is 0 Å². The second-order valence-electron chi connectivity index (χ2n) is 7.16. The van der Waals surface area contributed by atoms with E-state index in [9.17, 15) is 0 Å². The molecule has 0 heterocycles. The molecule has 0 amide bonds. The average molecular weight is 407 g/mol. The Balaban J connectivity index is 1.86. The summed E-state index contributed by atoms with van der Waals surface area (Å²) >= 11 is 3.63. The predicted molar refractivity (Wildman–Crippen MR) is 131 cm³/mol. The van der Waals surface area contributed by atoms with Crippen LogP contribution in [0.5, 0.6) is 0 Å². The summed E-state index contributed by atoms with van der Waals surface area (Å²) in [6.07, 6.45) is 15.3. The molecule has 0 radical (unpaired) electrons. The molecular formula is C26H30S2. The van der Waals surface area contributed by atoms with Crippen LogP contribution in [-0.2, 0) is 6.42 Å². The van der Waals surface area contributed by atoms with Crippen molar-refractivity contribution in [2.75, 3.05) is 12.5 Å². The second kappa shape index (κ2) is 10.8. The van der Waals surface area contributed by atoms with Crippen LogP contribution in [0, 0.1) is 0 Å². The summed E-state index contributed by atoms with van der Waals surface area (Å²) in [7, 11) is 0. The monoisotopic (exact) mass is 406 g/mol. The van der Waals surface area contributed by atoms with Crippen molar-refractivity contribution in [2.45, 2.75) is 48.8 Å². The molecule has 0 atom stereocenters. The van der Waals surface area contributed by atoms with Crippen LogP contribution in [0.4, 0.5) is 0 Å². The minimum Gasteiger partial charge on any atom is -0.129 e. The number of hydrogen-bond donors (Lipinski definition) is 0. The van der Waals surface area contributed by atoms with Crippen LogP contribution in [-0.4, -0.2) is 12.5 Å². The number of thioether (sulfide) groups is 2. The molecule has 3 rings (SSSR count). The van der Waals surface area contributed by atoms with E-state index in [-0.39, 0.29) is 0 Å². The zero-order valence-electron chi connectivity index (χ0n) is 17.2. The Kier molecular flexibility index (Phi) is 8.12. The van der Waals surface area contributed by atoms with E-state index < -0.39 is 0 Å². The number of unbranched alkanes of at least 4 members (excludes halogenated alkanes) is 3. The molecular weight excluding hydrogens is 376 g/mol. The van der Waals surface area contributed by atoms with E-state index >= 15 is 0 Å². The van der Waals surface area contributed by atoms with Gasteiger partial charge in [-0.25, -0.2) is 0 Å². The van der Waals surface area contributed by atoms with Crippen molar-refractivity contribution in [3.8, 4) is 0 Å². The first-order chi connectivity index (χ1) is 13.7. The molecule has 2 heteroatoms. The topological polar surface area (TPSA) is 0 Å². The summed E-state index contributed by atoms with van der Waals surface area (Å²) in [5, 5.41) is 2.69. The van der Waals surface area contributed by atoms with Gasteiger partial charge in [-0.1, -0.05) is 74.7 Å². The van der Waals surface area contributed by atoms with Crippen molar-refractivity contribution in [3.63, 3.8) is 0 Å². The van der Waals surface area contributed by atoms with E-state index in [1.165, 1.54) is 69.4 Å². The molecule has 0 nitrogen and oxygen atoms in total. The summed E-state index contributed by atoms with van der Waals surface area (Å²) in [5.41, 5.74) is 4.05. The predicted octanol–water partition coefficient (Wildman–Crippen LogP) is 8.58. The Morgan fingerprint density at radius 1 is 0.714 bits per heavy atom. The van der Waals surface area contributed by atoms with Gasteiger partial charge in [0.15, 0.2) is 0 Å². The van der Waals surface area contributed by atoms with Crippen LogP contribution in [0.2, 0.25) is 0 Å². The van der Waals surface area contributed by atoms with Gasteiger partial charge in [-0.2, -0.15) is 0 Å². The lowest BCUT2D eigenvalue weighted by Gasteiger charge is -2.09. The number of hydrogen-bond acceptors (Lipinski definition) is 2. The fourth-order valence-corrected chi connectivity index (χ4v) is 4.74. The molecule has 0 unspecified atom stereocenters. The van der Waals surface area contributed by atoms with Crippen molar-refractivity contribution >= 4 is 46.4 Å². The van der Waals surface area contributed by atoms with Crippen molar-refractivity contribution in [1.29, 1.82) is 0 Å². The van der Waals surface area contributed by atoms with Gasteiger partial charge in [0.1, 0.15) is 0 Å². The summed E-state index contributed by atoms with van der Waals surface area (Å²) in [4.78, 5) is 2.66. The standard InChI is InChI=1S/C26H30S2/c1-4-5-6-7-10-20-13-14-22-18-23(26(28-3)19-24(22)17-20)16-15-21-11-8-9-12-25(21)27-2/h8-9,11-19H,4-7,10H2,1-3H3/b16-15+. The molecule has 0 bridgehead atoms. The minimum atomic E-state index is 1.19. The Morgan fingerprint density at radius 3 is 2.29 bits per heavy atom. The van der Waals surface area contributed by atoms with E-state index in [1.54, 1.807) is 11.8 Å². The molecule has 3 aromatic carbocycles. The SMILES string of the molecule is CCCCCCc1ccc2cc(/C=C/c3ccccc3SC)c(SC)cc2c1. The number of rotatable bonds is 9. The van der Waals surface area contributed by atoms with Gasteiger partial charge in [0.05, 0.1) is 0 Å². The molecule has 0 aromatic heterocycles. The van der Waals surface area contributed by atoms with Gasteiger partial charge in [0, 0.05) is 9.79 Å². The highest BCUT2D eigenvalue weighted by atomic mass is 32.2. The van der Waals surface area contributed by atoms with E-state index in [1.807, 2.05) is 11.8 Å². The van der Waals surface area contributed by atoms with Gasteiger partial charge in [0.2, 0.25) is 0 Å². The van der Waals surface area contributed by atoms with Gasteiger partial charge in [-0.3, -0.25) is 0 Å². The number of fused-ring (bicyclic) bond motifs is 1. The zero-order chi connectivity index (χ0) is 19.8. The molecule has 0 fully saturated rings. The lowest BCUT2D eigenvalue weighted by Crippen LogP contribution is -1.88. The molecule has 146 valence electrons. The summed E-state index contributed by atoms with van der Waals surface area (Å²) in [5.74, 6) is 0. The third-order valence-corrected chi connectivity index (χ3v) is 6.76. The maximum atomic E-state index is 2.39. The van der Waals surface area contributed by atoms with Crippen molar-refractivity contribution < 1.29 is 0 Å². The number of benzene rings is 3. The second-order valence-corrected chi connectivity index (χ2v) is 8.86.